The van der Waals surface area contributed by atoms with Crippen molar-refractivity contribution in [1.82, 2.24) is 14.8 Å². The maximum absolute atomic E-state index is 14.2. The first kappa shape index (κ1) is 22.1. The maximum Gasteiger partial charge on any atom is 0.255 e. The lowest BCUT2D eigenvalue weighted by Gasteiger charge is -2.29. The number of aromatic nitrogens is 3. The molecule has 32 heavy (non-hydrogen) atoms. The summed E-state index contributed by atoms with van der Waals surface area (Å²) in [5.41, 5.74) is 4.61. The number of nitrogens with one attached hydrogen (secondary N) is 2. The van der Waals surface area contributed by atoms with Gasteiger partial charge in [-0.3, -0.25) is 4.79 Å². The Bertz CT molecular complexity index is 1200. The quantitative estimate of drug-likeness (QED) is 0.487. The molecule has 2 N–H and O–H groups in total. The maximum atomic E-state index is 14.2. The van der Waals surface area contributed by atoms with Crippen LogP contribution >= 0.6 is 11.8 Å². The van der Waals surface area contributed by atoms with Gasteiger partial charge in [-0.15, -0.1) is 5.10 Å². The summed E-state index contributed by atoms with van der Waals surface area (Å²) in [6, 6.07) is 11.5. The summed E-state index contributed by atoms with van der Waals surface area (Å²) in [5, 5.41) is 11.5. The zero-order valence-corrected chi connectivity index (χ0v) is 19.4. The lowest BCUT2D eigenvalue weighted by Crippen LogP contribution is -2.31. The van der Waals surface area contributed by atoms with Gasteiger partial charge in [-0.05, 0) is 62.1 Å². The molecule has 1 amide bonds. The summed E-state index contributed by atoms with van der Waals surface area (Å²) in [6.07, 6.45) is 0.996. The number of thioether (sulfide) groups is 1. The largest absolute Gasteiger partial charge is 0.328 e. The number of amides is 1. The van der Waals surface area contributed by atoms with Crippen LogP contribution in [0.1, 0.15) is 43.0 Å². The predicted molar refractivity (Wildman–Crippen MR) is 126 cm³/mol. The minimum Gasteiger partial charge on any atom is -0.328 e. The van der Waals surface area contributed by atoms with Crippen molar-refractivity contribution in [2.45, 2.75) is 45.3 Å². The van der Waals surface area contributed by atoms with Crippen LogP contribution in [-0.4, -0.2) is 26.4 Å². The first-order valence-corrected chi connectivity index (χ1v) is 11.6. The molecule has 0 radical (unpaired) electrons. The molecule has 4 rings (SSSR count). The van der Waals surface area contributed by atoms with E-state index in [1.165, 1.54) is 12.1 Å². The Kier molecular flexibility index (Phi) is 6.32. The number of carbonyl (C=O) groups is 1. The smallest absolute Gasteiger partial charge is 0.255 e. The Labute approximate surface area is 191 Å². The number of rotatable bonds is 6. The molecular weight excluding hydrogens is 425 g/mol. The van der Waals surface area contributed by atoms with Gasteiger partial charge in [-0.2, -0.15) is 4.98 Å². The minimum atomic E-state index is -0.601. The van der Waals surface area contributed by atoms with Gasteiger partial charge in [-0.1, -0.05) is 43.0 Å². The van der Waals surface area contributed by atoms with Gasteiger partial charge < -0.3 is 10.6 Å². The van der Waals surface area contributed by atoms with E-state index in [0.717, 1.165) is 29.0 Å². The molecule has 1 aromatic heterocycles. The van der Waals surface area contributed by atoms with Crippen molar-refractivity contribution in [1.29, 1.82) is 0 Å². The van der Waals surface area contributed by atoms with E-state index in [1.807, 2.05) is 45.0 Å². The first-order valence-electron chi connectivity index (χ1n) is 10.6. The van der Waals surface area contributed by atoms with Crippen LogP contribution in [-0.2, 0) is 4.79 Å². The number of fused-ring (bicyclic) bond motifs is 1. The molecule has 166 valence electrons. The molecule has 0 aliphatic carbocycles. The van der Waals surface area contributed by atoms with Crippen LogP contribution in [0.25, 0.3) is 0 Å². The van der Waals surface area contributed by atoms with Gasteiger partial charge in [0.2, 0.25) is 11.1 Å². The molecule has 0 spiro atoms. The number of hydrogen-bond acceptors (Lipinski definition) is 5. The number of halogens is 1. The third-order valence-electron chi connectivity index (χ3n) is 5.53. The number of anilines is 2. The number of aryl methyl sites for hydroxylation is 1. The van der Waals surface area contributed by atoms with Gasteiger partial charge in [0.25, 0.3) is 5.91 Å². The number of nitrogens with zero attached hydrogens (tertiary/aromatic N) is 3. The van der Waals surface area contributed by atoms with E-state index in [4.69, 9.17) is 0 Å². The van der Waals surface area contributed by atoms with Gasteiger partial charge in [-0.25, -0.2) is 9.07 Å². The lowest BCUT2D eigenvalue weighted by atomic mass is 9.94. The standard InChI is InChI=1S/C24H26FN5OS/c1-5-12-32-24-28-23-26-16(4)20(22(31)27-19-11-6-8-14(2)15(19)3)21(30(23)29-24)17-9-7-10-18(25)13-17/h6-11,13,21H,5,12H2,1-4H3,(H,27,31)(H,26,28,29). The molecule has 0 fully saturated rings. The van der Waals surface area contributed by atoms with Gasteiger partial charge in [0, 0.05) is 17.1 Å². The van der Waals surface area contributed by atoms with E-state index in [2.05, 4.69) is 27.6 Å². The van der Waals surface area contributed by atoms with Crippen LogP contribution in [0.4, 0.5) is 16.0 Å². The Morgan fingerprint density at radius 1 is 1.22 bits per heavy atom. The Balaban J connectivity index is 1.77. The molecule has 3 aromatic rings. The second-order valence-corrected chi connectivity index (χ2v) is 8.90. The summed E-state index contributed by atoms with van der Waals surface area (Å²) < 4.78 is 15.8. The SMILES string of the molecule is CCCSc1nc2n(n1)C(c1cccc(F)c1)C(C(=O)Nc1cccc(C)c1C)=C(C)N2. The van der Waals surface area contributed by atoms with Gasteiger partial charge in [0.05, 0.1) is 5.57 Å². The van der Waals surface area contributed by atoms with E-state index >= 15 is 0 Å². The molecular formula is C24H26FN5OS. The summed E-state index contributed by atoms with van der Waals surface area (Å²) in [7, 11) is 0. The summed E-state index contributed by atoms with van der Waals surface area (Å²) >= 11 is 1.56. The van der Waals surface area contributed by atoms with Crippen molar-refractivity contribution in [3.63, 3.8) is 0 Å². The predicted octanol–water partition coefficient (Wildman–Crippen LogP) is 5.46. The third kappa shape index (κ3) is 4.27. The van der Waals surface area contributed by atoms with Crippen molar-refractivity contribution >= 4 is 29.3 Å². The topological polar surface area (TPSA) is 71.8 Å². The first-order chi connectivity index (χ1) is 15.4. The zero-order valence-electron chi connectivity index (χ0n) is 18.6. The highest BCUT2D eigenvalue weighted by Gasteiger charge is 2.34. The van der Waals surface area contributed by atoms with Crippen LogP contribution in [0.5, 0.6) is 0 Å². The van der Waals surface area contributed by atoms with Crippen LogP contribution in [0.2, 0.25) is 0 Å². The molecule has 0 saturated carbocycles. The molecule has 6 nitrogen and oxygen atoms in total. The normalized spacial score (nSPS) is 15.3. The van der Waals surface area contributed by atoms with E-state index in [1.54, 1.807) is 22.5 Å². The zero-order chi connectivity index (χ0) is 22.8. The Morgan fingerprint density at radius 2 is 2.00 bits per heavy atom. The van der Waals surface area contributed by atoms with Gasteiger partial charge in [0.15, 0.2) is 0 Å². The van der Waals surface area contributed by atoms with Crippen molar-refractivity contribution in [3.05, 3.63) is 76.2 Å². The van der Waals surface area contributed by atoms with Crippen molar-refractivity contribution in [2.75, 3.05) is 16.4 Å². The number of carbonyl (C=O) groups excluding carboxylic acids is 1. The molecule has 1 aliphatic heterocycles. The Morgan fingerprint density at radius 3 is 2.75 bits per heavy atom. The average molecular weight is 452 g/mol. The summed E-state index contributed by atoms with van der Waals surface area (Å²) in [4.78, 5) is 18.1. The molecule has 1 unspecified atom stereocenters. The highest BCUT2D eigenvalue weighted by Crippen LogP contribution is 2.37. The fourth-order valence-electron chi connectivity index (χ4n) is 3.74. The number of hydrogen-bond donors (Lipinski definition) is 2. The second kappa shape index (κ2) is 9.16. The van der Waals surface area contributed by atoms with Crippen LogP contribution in [0.15, 0.2) is 58.9 Å². The van der Waals surface area contributed by atoms with Crippen LogP contribution in [0, 0.1) is 19.7 Å². The minimum absolute atomic E-state index is 0.262. The van der Waals surface area contributed by atoms with E-state index in [0.29, 0.717) is 27.9 Å². The second-order valence-electron chi connectivity index (χ2n) is 7.83. The fourth-order valence-corrected chi connectivity index (χ4v) is 4.42. The van der Waals surface area contributed by atoms with Crippen LogP contribution < -0.4 is 10.6 Å². The molecule has 0 bridgehead atoms. The van der Waals surface area contributed by atoms with Crippen molar-refractivity contribution in [3.8, 4) is 0 Å². The van der Waals surface area contributed by atoms with Crippen LogP contribution in [0.3, 0.4) is 0 Å². The molecule has 2 heterocycles. The molecule has 2 aromatic carbocycles. The van der Waals surface area contributed by atoms with E-state index in [9.17, 15) is 9.18 Å². The van der Waals surface area contributed by atoms with E-state index in [-0.39, 0.29) is 11.7 Å². The van der Waals surface area contributed by atoms with Crippen molar-refractivity contribution < 1.29 is 9.18 Å². The highest BCUT2D eigenvalue weighted by atomic mass is 32.2. The summed E-state index contributed by atoms with van der Waals surface area (Å²) in [5.74, 6) is 0.802. The summed E-state index contributed by atoms with van der Waals surface area (Å²) in [6.45, 7) is 7.91. The van der Waals surface area contributed by atoms with Gasteiger partial charge >= 0.3 is 0 Å². The Hall–Kier alpha value is -3.13. The van der Waals surface area contributed by atoms with E-state index < -0.39 is 6.04 Å². The fraction of sp³-hybridized carbons (Fsp3) is 0.292. The molecule has 1 atom stereocenters. The van der Waals surface area contributed by atoms with Gasteiger partial charge in [0.1, 0.15) is 11.9 Å². The monoisotopic (exact) mass is 451 g/mol. The average Bonchev–Trinajstić information content (AvgIpc) is 3.16. The molecule has 1 aliphatic rings. The molecule has 8 heteroatoms. The number of benzene rings is 2. The van der Waals surface area contributed by atoms with Crippen molar-refractivity contribution in [2.24, 2.45) is 0 Å². The lowest BCUT2D eigenvalue weighted by molar-refractivity contribution is -0.113. The number of allylic oxidation sites excluding steroid dienone is 1. The third-order valence-corrected chi connectivity index (χ3v) is 6.57. The molecule has 0 saturated heterocycles. The highest BCUT2D eigenvalue weighted by molar-refractivity contribution is 7.99.